The molecule has 1 aliphatic heterocycles. The molecule has 6 heteroatoms. The van der Waals surface area contributed by atoms with Crippen molar-refractivity contribution in [2.24, 2.45) is 5.92 Å². The van der Waals surface area contributed by atoms with Crippen molar-refractivity contribution in [3.63, 3.8) is 0 Å². The number of methoxy groups -OCH3 is 1. The van der Waals surface area contributed by atoms with Gasteiger partial charge >= 0.3 is 0 Å². The molecule has 0 unspecified atom stereocenters. The van der Waals surface area contributed by atoms with E-state index in [-0.39, 0.29) is 31.1 Å². The molecular weight excluding hydrogens is 258 g/mol. The maximum atomic E-state index is 11.6. The fourth-order valence-electron chi connectivity index (χ4n) is 2.56. The molecule has 20 heavy (non-hydrogen) atoms. The zero-order valence-corrected chi connectivity index (χ0v) is 11.7. The quantitative estimate of drug-likeness (QED) is 0.743. The van der Waals surface area contributed by atoms with Crippen molar-refractivity contribution in [3.05, 3.63) is 30.1 Å². The molecule has 1 aliphatic rings. The van der Waals surface area contributed by atoms with Gasteiger partial charge in [0, 0.05) is 57.7 Å². The number of aliphatic hydroxyl groups excluding tert-OH is 1. The summed E-state index contributed by atoms with van der Waals surface area (Å²) < 4.78 is 4.81. The van der Waals surface area contributed by atoms with Gasteiger partial charge in [0.2, 0.25) is 5.91 Å². The van der Waals surface area contributed by atoms with Crippen molar-refractivity contribution < 1.29 is 14.6 Å². The number of aromatic nitrogens is 1. The van der Waals surface area contributed by atoms with Crippen LogP contribution in [0.3, 0.4) is 0 Å². The molecule has 110 valence electrons. The lowest BCUT2D eigenvalue weighted by Crippen LogP contribution is -2.43. The Morgan fingerprint density at radius 3 is 2.90 bits per heavy atom. The van der Waals surface area contributed by atoms with E-state index in [1.165, 1.54) is 12.7 Å². The van der Waals surface area contributed by atoms with Crippen molar-refractivity contribution >= 4 is 5.91 Å². The second kappa shape index (κ2) is 7.33. The van der Waals surface area contributed by atoms with Gasteiger partial charge in [-0.1, -0.05) is 0 Å². The van der Waals surface area contributed by atoms with Crippen LogP contribution in [0.15, 0.2) is 24.5 Å². The van der Waals surface area contributed by atoms with Crippen LogP contribution in [0, 0.1) is 5.92 Å². The average Bonchev–Trinajstić information content (AvgIpc) is 2.82. The van der Waals surface area contributed by atoms with E-state index in [2.05, 4.69) is 15.2 Å². The number of hydrogen-bond acceptors (Lipinski definition) is 5. The molecule has 0 saturated carbocycles. The minimum Gasteiger partial charge on any atom is -0.396 e. The van der Waals surface area contributed by atoms with Crippen molar-refractivity contribution in [3.8, 4) is 0 Å². The van der Waals surface area contributed by atoms with Gasteiger partial charge in [-0.05, 0) is 17.7 Å². The summed E-state index contributed by atoms with van der Waals surface area (Å²) in [5, 5.41) is 12.4. The molecule has 1 amide bonds. The second-order valence-electron chi connectivity index (χ2n) is 5.10. The van der Waals surface area contributed by atoms with E-state index in [0.29, 0.717) is 0 Å². The topological polar surface area (TPSA) is 74.7 Å². The third kappa shape index (κ3) is 4.00. The highest BCUT2D eigenvalue weighted by molar-refractivity contribution is 5.77. The lowest BCUT2D eigenvalue weighted by Gasteiger charge is -2.17. The molecule has 0 spiro atoms. The summed E-state index contributed by atoms with van der Waals surface area (Å²) in [6.45, 7) is 2.44. The molecule has 1 aromatic rings. The van der Waals surface area contributed by atoms with Crippen molar-refractivity contribution in [1.82, 2.24) is 15.2 Å². The van der Waals surface area contributed by atoms with E-state index in [1.807, 2.05) is 12.1 Å². The van der Waals surface area contributed by atoms with E-state index < -0.39 is 0 Å². The lowest BCUT2D eigenvalue weighted by atomic mass is 10.1. The van der Waals surface area contributed by atoms with Gasteiger partial charge in [0.25, 0.3) is 0 Å². The molecule has 1 saturated heterocycles. The molecule has 0 aromatic carbocycles. The Hall–Kier alpha value is -1.50. The van der Waals surface area contributed by atoms with Crippen LogP contribution in [0.1, 0.15) is 5.56 Å². The summed E-state index contributed by atoms with van der Waals surface area (Å²) in [4.78, 5) is 17.8. The second-order valence-corrected chi connectivity index (χ2v) is 5.10. The summed E-state index contributed by atoms with van der Waals surface area (Å²) >= 11 is 0. The van der Waals surface area contributed by atoms with Gasteiger partial charge in [0.1, 0.15) is 6.61 Å². The number of ether oxygens (including phenoxy) is 1. The Morgan fingerprint density at radius 1 is 1.50 bits per heavy atom. The molecule has 2 atom stereocenters. The van der Waals surface area contributed by atoms with Crippen LogP contribution < -0.4 is 5.32 Å². The third-order valence-corrected chi connectivity index (χ3v) is 3.53. The fraction of sp³-hybridized carbons (Fsp3) is 0.571. The molecule has 1 aromatic heterocycles. The van der Waals surface area contributed by atoms with Crippen LogP contribution in [0.4, 0.5) is 0 Å². The highest BCUT2D eigenvalue weighted by Gasteiger charge is 2.33. The highest BCUT2D eigenvalue weighted by atomic mass is 16.5. The first-order chi connectivity index (χ1) is 9.72. The Balaban J connectivity index is 1.90. The van der Waals surface area contributed by atoms with Crippen LogP contribution in [0.2, 0.25) is 0 Å². The summed E-state index contributed by atoms with van der Waals surface area (Å²) in [7, 11) is 1.49. The summed E-state index contributed by atoms with van der Waals surface area (Å²) in [6.07, 6.45) is 3.54. The number of carbonyl (C=O) groups is 1. The maximum absolute atomic E-state index is 11.6. The minimum absolute atomic E-state index is 0.0236. The highest BCUT2D eigenvalue weighted by Crippen LogP contribution is 2.19. The zero-order chi connectivity index (χ0) is 14.4. The van der Waals surface area contributed by atoms with Gasteiger partial charge < -0.3 is 15.2 Å². The van der Waals surface area contributed by atoms with Crippen LogP contribution in [0.25, 0.3) is 0 Å². The molecule has 2 N–H and O–H groups in total. The van der Waals surface area contributed by atoms with Crippen LogP contribution in [-0.4, -0.2) is 60.4 Å². The number of pyridine rings is 1. The first-order valence-electron chi connectivity index (χ1n) is 6.73. The molecule has 2 rings (SSSR count). The predicted molar refractivity (Wildman–Crippen MR) is 73.9 cm³/mol. The van der Waals surface area contributed by atoms with Gasteiger partial charge in [0.05, 0.1) is 0 Å². The molecule has 2 heterocycles. The Morgan fingerprint density at radius 2 is 2.25 bits per heavy atom. The summed E-state index contributed by atoms with van der Waals surface area (Å²) in [6, 6.07) is 3.93. The van der Waals surface area contributed by atoms with Crippen LogP contribution in [0.5, 0.6) is 0 Å². The van der Waals surface area contributed by atoms with Gasteiger partial charge in [-0.15, -0.1) is 0 Å². The predicted octanol–water partition coefficient (Wildman–Crippen LogP) is -0.363. The summed E-state index contributed by atoms with van der Waals surface area (Å²) in [5.74, 6) is -0.0700. The smallest absolute Gasteiger partial charge is 0.246 e. The Kier molecular flexibility index (Phi) is 5.46. The Bertz CT molecular complexity index is 427. The average molecular weight is 279 g/mol. The monoisotopic (exact) mass is 279 g/mol. The molecule has 0 aliphatic carbocycles. The molecule has 1 fully saturated rings. The Labute approximate surface area is 118 Å². The number of rotatable bonds is 6. The van der Waals surface area contributed by atoms with Crippen molar-refractivity contribution in [2.75, 3.05) is 33.4 Å². The van der Waals surface area contributed by atoms with Gasteiger partial charge in [-0.3, -0.25) is 14.7 Å². The molecule has 6 nitrogen and oxygen atoms in total. The number of hydrogen-bond donors (Lipinski definition) is 2. The number of aliphatic hydroxyl groups is 1. The van der Waals surface area contributed by atoms with Crippen molar-refractivity contribution in [1.29, 1.82) is 0 Å². The number of carbonyl (C=O) groups excluding carboxylic acids is 1. The maximum Gasteiger partial charge on any atom is 0.246 e. The van der Waals surface area contributed by atoms with E-state index in [4.69, 9.17) is 4.74 Å². The molecule has 0 radical (unpaired) electrons. The number of amides is 1. The van der Waals surface area contributed by atoms with E-state index in [0.717, 1.165) is 19.6 Å². The van der Waals surface area contributed by atoms with E-state index >= 15 is 0 Å². The molecule has 0 bridgehead atoms. The van der Waals surface area contributed by atoms with E-state index in [9.17, 15) is 9.90 Å². The lowest BCUT2D eigenvalue weighted by molar-refractivity contribution is -0.125. The SMILES string of the molecule is COCC(=O)N[C@@H]1CN(Cc2ccncc2)C[C@H]1CO. The number of nitrogens with one attached hydrogen (secondary N) is 1. The standard InChI is InChI=1S/C14H21N3O3/c1-20-10-14(19)16-13-8-17(7-12(13)9-18)6-11-2-4-15-5-3-11/h2-5,12-13,18H,6-10H2,1H3,(H,16,19)/t12-,13+/m0/s1. The van der Waals surface area contributed by atoms with Crippen molar-refractivity contribution in [2.45, 2.75) is 12.6 Å². The first kappa shape index (κ1) is 14.9. The fourth-order valence-corrected chi connectivity index (χ4v) is 2.56. The first-order valence-corrected chi connectivity index (χ1v) is 6.73. The minimum atomic E-state index is -0.137. The number of nitrogens with zero attached hydrogens (tertiary/aromatic N) is 2. The zero-order valence-electron chi connectivity index (χ0n) is 11.7. The van der Waals surface area contributed by atoms with E-state index in [1.54, 1.807) is 12.4 Å². The van der Waals surface area contributed by atoms with Crippen LogP contribution >= 0.6 is 0 Å². The third-order valence-electron chi connectivity index (χ3n) is 3.53. The van der Waals surface area contributed by atoms with Gasteiger partial charge in [-0.25, -0.2) is 0 Å². The van der Waals surface area contributed by atoms with Gasteiger partial charge in [0.15, 0.2) is 0 Å². The normalized spacial score (nSPS) is 22.9. The molecular formula is C14H21N3O3. The number of likely N-dealkylation sites (tertiary alicyclic amines) is 1. The summed E-state index contributed by atoms with van der Waals surface area (Å²) in [5.41, 5.74) is 1.18. The van der Waals surface area contributed by atoms with Gasteiger partial charge in [-0.2, -0.15) is 0 Å². The van der Waals surface area contributed by atoms with Crippen LogP contribution in [-0.2, 0) is 16.1 Å². The largest absolute Gasteiger partial charge is 0.396 e.